The molecule has 0 unspecified atom stereocenters. The van der Waals surface area contributed by atoms with Gasteiger partial charge in [-0.15, -0.1) is 0 Å². The van der Waals surface area contributed by atoms with E-state index in [0.717, 1.165) is 22.1 Å². The number of nitrogens with zero attached hydrogens (tertiary/aromatic N) is 1. The van der Waals surface area contributed by atoms with E-state index in [0.29, 0.717) is 10.6 Å². The number of aromatic nitrogens is 1. The number of carbonyl (C=O) groups is 1. The third-order valence-electron chi connectivity index (χ3n) is 2.87. The van der Waals surface area contributed by atoms with Gasteiger partial charge in [0.1, 0.15) is 10.8 Å². The number of benzene rings is 2. The highest BCUT2D eigenvalue weighted by atomic mass is 32.2. The normalized spacial score (nSPS) is 10.7. The van der Waals surface area contributed by atoms with Crippen LogP contribution >= 0.6 is 11.8 Å². The van der Waals surface area contributed by atoms with Crippen molar-refractivity contribution in [3.8, 4) is 0 Å². The van der Waals surface area contributed by atoms with Crippen LogP contribution in [0.4, 0.5) is 4.39 Å². The third-order valence-corrected chi connectivity index (χ3v) is 3.90. The Hall–Kier alpha value is -2.20. The fraction of sp³-hybridized carbons (Fsp3) is 0. The van der Waals surface area contributed by atoms with Gasteiger partial charge in [0.05, 0.1) is 5.52 Å². The zero-order valence-corrected chi connectivity index (χ0v) is 11.2. The summed E-state index contributed by atoms with van der Waals surface area (Å²) in [5.74, 6) is -0.281. The maximum atomic E-state index is 12.9. The molecule has 98 valence electrons. The minimum Gasteiger partial charge on any atom is -0.298 e. The average molecular weight is 283 g/mol. The molecular formula is C16H10FNOS. The summed E-state index contributed by atoms with van der Waals surface area (Å²) >= 11 is 1.35. The van der Waals surface area contributed by atoms with Gasteiger partial charge in [0.25, 0.3) is 0 Å². The molecule has 1 heterocycles. The SMILES string of the molecule is O=Cc1cc2ccccc2nc1Sc1ccc(F)cc1. The molecule has 0 saturated carbocycles. The molecule has 2 nitrogen and oxygen atoms in total. The second-order valence-corrected chi connectivity index (χ2v) is 5.31. The first-order valence-corrected chi connectivity index (χ1v) is 6.86. The summed E-state index contributed by atoms with van der Waals surface area (Å²) in [4.78, 5) is 16.5. The zero-order valence-electron chi connectivity index (χ0n) is 10.4. The van der Waals surface area contributed by atoms with Crippen molar-refractivity contribution in [3.05, 3.63) is 66.0 Å². The molecule has 0 spiro atoms. The van der Waals surface area contributed by atoms with E-state index in [1.54, 1.807) is 12.1 Å². The Bertz CT molecular complexity index is 771. The van der Waals surface area contributed by atoms with Gasteiger partial charge in [-0.1, -0.05) is 30.0 Å². The Morgan fingerprint density at radius 2 is 1.80 bits per heavy atom. The van der Waals surface area contributed by atoms with Crippen LogP contribution in [0.5, 0.6) is 0 Å². The molecule has 3 rings (SSSR count). The van der Waals surface area contributed by atoms with Crippen LogP contribution in [0.3, 0.4) is 0 Å². The van der Waals surface area contributed by atoms with Gasteiger partial charge < -0.3 is 0 Å². The molecule has 4 heteroatoms. The second-order valence-electron chi connectivity index (χ2n) is 4.25. The van der Waals surface area contributed by atoms with Crippen molar-refractivity contribution in [2.24, 2.45) is 0 Å². The summed E-state index contributed by atoms with van der Waals surface area (Å²) in [6.07, 6.45) is 0.797. The van der Waals surface area contributed by atoms with Crippen molar-refractivity contribution in [1.82, 2.24) is 4.98 Å². The number of aldehydes is 1. The number of hydrogen-bond acceptors (Lipinski definition) is 3. The van der Waals surface area contributed by atoms with Crippen LogP contribution < -0.4 is 0 Å². The Morgan fingerprint density at radius 1 is 1.05 bits per heavy atom. The molecule has 0 aliphatic carbocycles. The quantitative estimate of drug-likeness (QED) is 0.670. The molecule has 0 amide bonds. The number of rotatable bonds is 3. The van der Waals surface area contributed by atoms with Gasteiger partial charge in [0.15, 0.2) is 6.29 Å². The standard InChI is InChI=1S/C16H10FNOS/c17-13-5-7-14(8-6-13)20-16-12(10-19)9-11-3-1-2-4-15(11)18-16/h1-10H. The monoisotopic (exact) mass is 283 g/mol. The Morgan fingerprint density at radius 3 is 2.55 bits per heavy atom. The van der Waals surface area contributed by atoms with Crippen molar-refractivity contribution in [2.45, 2.75) is 9.92 Å². The minimum absolute atomic E-state index is 0.281. The van der Waals surface area contributed by atoms with Crippen LogP contribution in [0.2, 0.25) is 0 Å². The average Bonchev–Trinajstić information content (AvgIpc) is 2.49. The minimum atomic E-state index is -0.281. The number of carbonyl (C=O) groups excluding carboxylic acids is 1. The molecule has 0 radical (unpaired) electrons. The highest BCUT2D eigenvalue weighted by molar-refractivity contribution is 7.99. The molecule has 0 N–H and O–H groups in total. The van der Waals surface area contributed by atoms with E-state index in [1.807, 2.05) is 30.3 Å². The predicted molar refractivity (Wildman–Crippen MR) is 77.7 cm³/mol. The van der Waals surface area contributed by atoms with E-state index in [9.17, 15) is 9.18 Å². The summed E-state index contributed by atoms with van der Waals surface area (Å²) in [6.45, 7) is 0. The molecule has 0 aliphatic rings. The highest BCUT2D eigenvalue weighted by Gasteiger charge is 2.08. The summed E-state index contributed by atoms with van der Waals surface area (Å²) in [7, 11) is 0. The first-order chi connectivity index (χ1) is 9.76. The largest absolute Gasteiger partial charge is 0.298 e. The van der Waals surface area contributed by atoms with Crippen LogP contribution in [-0.2, 0) is 0 Å². The lowest BCUT2D eigenvalue weighted by Crippen LogP contribution is -1.91. The van der Waals surface area contributed by atoms with E-state index >= 15 is 0 Å². The number of halogens is 1. The van der Waals surface area contributed by atoms with Crippen molar-refractivity contribution in [2.75, 3.05) is 0 Å². The first-order valence-electron chi connectivity index (χ1n) is 6.04. The van der Waals surface area contributed by atoms with Gasteiger partial charge in [-0.2, -0.15) is 0 Å². The highest BCUT2D eigenvalue weighted by Crippen LogP contribution is 2.30. The van der Waals surface area contributed by atoms with E-state index in [2.05, 4.69) is 4.98 Å². The summed E-state index contributed by atoms with van der Waals surface area (Å²) < 4.78 is 12.9. The van der Waals surface area contributed by atoms with Crippen LogP contribution in [0.1, 0.15) is 10.4 Å². The molecule has 0 fully saturated rings. The molecule has 20 heavy (non-hydrogen) atoms. The van der Waals surface area contributed by atoms with Gasteiger partial charge in [-0.05, 0) is 36.4 Å². The van der Waals surface area contributed by atoms with Gasteiger partial charge in [-0.3, -0.25) is 4.79 Å². The van der Waals surface area contributed by atoms with Crippen molar-refractivity contribution in [3.63, 3.8) is 0 Å². The zero-order chi connectivity index (χ0) is 13.9. The van der Waals surface area contributed by atoms with E-state index < -0.39 is 0 Å². The molecular weight excluding hydrogens is 273 g/mol. The topological polar surface area (TPSA) is 30.0 Å². The van der Waals surface area contributed by atoms with E-state index in [-0.39, 0.29) is 5.82 Å². The molecule has 0 atom stereocenters. The molecule has 1 aromatic heterocycles. The van der Waals surface area contributed by atoms with Gasteiger partial charge >= 0.3 is 0 Å². The molecule has 3 aromatic rings. The van der Waals surface area contributed by atoms with Crippen LogP contribution in [0.15, 0.2) is 64.5 Å². The number of hydrogen-bond donors (Lipinski definition) is 0. The van der Waals surface area contributed by atoms with Gasteiger partial charge in [0, 0.05) is 15.8 Å². The molecule has 0 aliphatic heterocycles. The Kier molecular flexibility index (Phi) is 3.48. The van der Waals surface area contributed by atoms with Gasteiger partial charge in [0.2, 0.25) is 0 Å². The Balaban J connectivity index is 2.05. The maximum Gasteiger partial charge on any atom is 0.152 e. The van der Waals surface area contributed by atoms with E-state index in [4.69, 9.17) is 0 Å². The van der Waals surface area contributed by atoms with Crippen LogP contribution in [0, 0.1) is 5.82 Å². The summed E-state index contributed by atoms with van der Waals surface area (Å²) in [5, 5.41) is 1.56. The maximum absolute atomic E-state index is 12.9. The lowest BCUT2D eigenvalue weighted by atomic mass is 10.2. The summed E-state index contributed by atoms with van der Waals surface area (Å²) in [6, 6.07) is 15.6. The van der Waals surface area contributed by atoms with Crippen molar-refractivity contribution in [1.29, 1.82) is 0 Å². The van der Waals surface area contributed by atoms with Crippen molar-refractivity contribution < 1.29 is 9.18 Å². The number of fused-ring (bicyclic) bond motifs is 1. The second kappa shape index (κ2) is 5.43. The number of pyridine rings is 1. The fourth-order valence-corrected chi connectivity index (χ4v) is 2.76. The fourth-order valence-electron chi connectivity index (χ4n) is 1.90. The summed E-state index contributed by atoms with van der Waals surface area (Å²) in [5.41, 5.74) is 1.38. The predicted octanol–water partition coefficient (Wildman–Crippen LogP) is 4.34. The molecule has 2 aromatic carbocycles. The lowest BCUT2D eigenvalue weighted by Gasteiger charge is -2.06. The smallest absolute Gasteiger partial charge is 0.152 e. The lowest BCUT2D eigenvalue weighted by molar-refractivity contribution is 0.112. The van der Waals surface area contributed by atoms with E-state index in [1.165, 1.54) is 23.9 Å². The Labute approximate surface area is 119 Å². The van der Waals surface area contributed by atoms with Crippen molar-refractivity contribution >= 4 is 29.0 Å². The molecule has 0 saturated heterocycles. The van der Waals surface area contributed by atoms with Gasteiger partial charge in [-0.25, -0.2) is 9.37 Å². The number of para-hydroxylation sites is 1. The van der Waals surface area contributed by atoms with Crippen LogP contribution in [-0.4, -0.2) is 11.3 Å². The first kappa shape index (κ1) is 12.8. The third kappa shape index (κ3) is 2.56. The molecule has 0 bridgehead atoms. The van der Waals surface area contributed by atoms with Crippen LogP contribution in [0.25, 0.3) is 10.9 Å².